The second-order valence-corrected chi connectivity index (χ2v) is 6.64. The highest BCUT2D eigenvalue weighted by Crippen LogP contribution is 2.40. The van der Waals surface area contributed by atoms with Crippen LogP contribution in [0.15, 0.2) is 0 Å². The van der Waals surface area contributed by atoms with E-state index in [0.29, 0.717) is 5.54 Å². The van der Waals surface area contributed by atoms with E-state index in [1.54, 1.807) is 0 Å². The molecule has 17 heavy (non-hydrogen) atoms. The van der Waals surface area contributed by atoms with Gasteiger partial charge >= 0.3 is 0 Å². The van der Waals surface area contributed by atoms with Crippen molar-refractivity contribution in [2.75, 3.05) is 19.6 Å². The van der Waals surface area contributed by atoms with Crippen LogP contribution in [0.5, 0.6) is 0 Å². The Morgan fingerprint density at radius 3 is 2.06 bits per heavy atom. The Bertz CT molecular complexity index is 233. The van der Waals surface area contributed by atoms with E-state index in [1.807, 2.05) is 0 Å². The van der Waals surface area contributed by atoms with Gasteiger partial charge < -0.3 is 5.73 Å². The Balaban J connectivity index is 2.01. The second kappa shape index (κ2) is 5.27. The van der Waals surface area contributed by atoms with Crippen LogP contribution in [-0.4, -0.2) is 30.1 Å². The van der Waals surface area contributed by atoms with Gasteiger partial charge in [-0.15, -0.1) is 0 Å². The van der Waals surface area contributed by atoms with Crippen molar-refractivity contribution < 1.29 is 0 Å². The molecule has 2 unspecified atom stereocenters. The zero-order valence-electron chi connectivity index (χ0n) is 11.9. The Labute approximate surface area is 107 Å². The van der Waals surface area contributed by atoms with Gasteiger partial charge in [-0.25, -0.2) is 0 Å². The van der Waals surface area contributed by atoms with E-state index in [1.165, 1.54) is 45.2 Å². The van der Waals surface area contributed by atoms with Gasteiger partial charge in [0.2, 0.25) is 0 Å². The van der Waals surface area contributed by atoms with Crippen molar-refractivity contribution in [3.63, 3.8) is 0 Å². The summed E-state index contributed by atoms with van der Waals surface area (Å²) in [5.41, 5.74) is 6.51. The Hall–Kier alpha value is -0.0800. The Morgan fingerprint density at radius 2 is 1.65 bits per heavy atom. The third-order valence-electron chi connectivity index (χ3n) is 5.65. The molecule has 0 radical (unpaired) electrons. The summed E-state index contributed by atoms with van der Waals surface area (Å²) in [6.07, 6.45) is 6.82. The topological polar surface area (TPSA) is 29.3 Å². The fourth-order valence-electron chi connectivity index (χ4n) is 3.79. The van der Waals surface area contributed by atoms with Crippen LogP contribution in [-0.2, 0) is 0 Å². The molecule has 0 aromatic rings. The quantitative estimate of drug-likeness (QED) is 0.819. The molecule has 0 amide bonds. The highest BCUT2D eigenvalue weighted by atomic mass is 15.2. The molecule has 0 aromatic heterocycles. The molecule has 1 saturated heterocycles. The van der Waals surface area contributed by atoms with Gasteiger partial charge in [-0.1, -0.05) is 27.2 Å². The molecule has 2 atom stereocenters. The van der Waals surface area contributed by atoms with E-state index in [2.05, 4.69) is 25.7 Å². The zero-order valence-corrected chi connectivity index (χ0v) is 11.9. The molecule has 2 fully saturated rings. The maximum Gasteiger partial charge on any atom is 0.0332 e. The highest BCUT2D eigenvalue weighted by Gasteiger charge is 2.42. The molecule has 2 nitrogen and oxygen atoms in total. The number of rotatable bonds is 3. The van der Waals surface area contributed by atoms with E-state index in [-0.39, 0.29) is 0 Å². The molecule has 0 spiro atoms. The maximum atomic E-state index is 6.15. The molecule has 2 heteroatoms. The first-order valence-electron chi connectivity index (χ1n) is 7.56. The average Bonchev–Trinajstić information content (AvgIpc) is 2.70. The molecule has 2 rings (SSSR count). The number of nitrogens with two attached hydrogens (primary N) is 1. The summed E-state index contributed by atoms with van der Waals surface area (Å²) in [5, 5.41) is 0. The van der Waals surface area contributed by atoms with Crippen LogP contribution in [0.4, 0.5) is 0 Å². The van der Waals surface area contributed by atoms with Crippen molar-refractivity contribution >= 4 is 0 Å². The van der Waals surface area contributed by atoms with Crippen LogP contribution in [0.25, 0.3) is 0 Å². The van der Waals surface area contributed by atoms with E-state index in [0.717, 1.165) is 24.3 Å². The van der Waals surface area contributed by atoms with E-state index in [4.69, 9.17) is 5.73 Å². The lowest BCUT2D eigenvalue weighted by Gasteiger charge is -2.46. The molecule has 2 aliphatic rings. The van der Waals surface area contributed by atoms with Gasteiger partial charge in [0.1, 0.15) is 0 Å². The number of likely N-dealkylation sites (tertiary alicyclic amines) is 1. The summed E-state index contributed by atoms with van der Waals surface area (Å²) < 4.78 is 0. The lowest BCUT2D eigenvalue weighted by Crippen LogP contribution is -2.55. The predicted octanol–water partition coefficient (Wildman–Crippen LogP) is 2.87. The molecule has 0 bridgehead atoms. The van der Waals surface area contributed by atoms with Gasteiger partial charge in [0.25, 0.3) is 0 Å². The lowest BCUT2D eigenvalue weighted by molar-refractivity contribution is 0.0578. The van der Waals surface area contributed by atoms with Crippen molar-refractivity contribution in [1.82, 2.24) is 4.90 Å². The fraction of sp³-hybridized carbons (Fsp3) is 1.00. The number of nitrogens with zero attached hydrogens (tertiary/aromatic N) is 1. The van der Waals surface area contributed by atoms with Crippen molar-refractivity contribution in [2.24, 2.45) is 23.5 Å². The van der Waals surface area contributed by atoms with E-state index in [9.17, 15) is 0 Å². The van der Waals surface area contributed by atoms with Gasteiger partial charge in [-0.05, 0) is 43.4 Å². The average molecular weight is 238 g/mol. The van der Waals surface area contributed by atoms with E-state index < -0.39 is 0 Å². The second-order valence-electron chi connectivity index (χ2n) is 6.64. The summed E-state index contributed by atoms with van der Waals surface area (Å²) in [6, 6.07) is 0. The molecule has 1 aliphatic carbocycles. The van der Waals surface area contributed by atoms with Crippen LogP contribution >= 0.6 is 0 Å². The van der Waals surface area contributed by atoms with Gasteiger partial charge in [-0.2, -0.15) is 0 Å². The minimum atomic E-state index is 0.352. The van der Waals surface area contributed by atoms with Gasteiger partial charge in [0.05, 0.1) is 0 Å². The van der Waals surface area contributed by atoms with Crippen LogP contribution in [0.3, 0.4) is 0 Å². The summed E-state index contributed by atoms with van der Waals surface area (Å²) in [7, 11) is 0. The molecule has 2 N–H and O–H groups in total. The first-order valence-corrected chi connectivity index (χ1v) is 7.56. The minimum Gasteiger partial charge on any atom is -0.329 e. The summed E-state index contributed by atoms with van der Waals surface area (Å²) in [4.78, 5) is 2.73. The lowest BCUT2D eigenvalue weighted by atomic mass is 9.74. The molecule has 100 valence electrons. The predicted molar refractivity (Wildman–Crippen MR) is 73.9 cm³/mol. The van der Waals surface area contributed by atoms with Crippen molar-refractivity contribution in [1.29, 1.82) is 0 Å². The molecule has 1 saturated carbocycles. The smallest absolute Gasteiger partial charge is 0.0332 e. The van der Waals surface area contributed by atoms with Gasteiger partial charge in [0, 0.05) is 25.2 Å². The van der Waals surface area contributed by atoms with Gasteiger partial charge in [0.15, 0.2) is 0 Å². The standard InChI is InChI=1S/C15H30N2/c1-4-14-5-7-15(11-16,8-6-14)17-9-12(2)13(3)10-17/h12-14H,4-11,16H2,1-3H3. The van der Waals surface area contributed by atoms with Crippen molar-refractivity contribution in [3.05, 3.63) is 0 Å². The fourth-order valence-corrected chi connectivity index (χ4v) is 3.79. The maximum absolute atomic E-state index is 6.15. The molecule has 1 heterocycles. The largest absolute Gasteiger partial charge is 0.329 e. The molecular formula is C15H30N2. The normalized spacial score (nSPS) is 44.1. The summed E-state index contributed by atoms with van der Waals surface area (Å²) in [5.74, 6) is 2.66. The number of hydrogen-bond donors (Lipinski definition) is 1. The first kappa shape index (κ1) is 13.4. The van der Waals surface area contributed by atoms with E-state index >= 15 is 0 Å². The summed E-state index contributed by atoms with van der Waals surface area (Å²) >= 11 is 0. The third kappa shape index (κ3) is 2.53. The van der Waals surface area contributed by atoms with Crippen LogP contribution < -0.4 is 5.73 Å². The summed E-state index contributed by atoms with van der Waals surface area (Å²) in [6.45, 7) is 10.5. The Morgan fingerprint density at radius 1 is 1.12 bits per heavy atom. The Kier molecular flexibility index (Phi) is 4.14. The molecule has 1 aliphatic heterocycles. The number of hydrogen-bond acceptors (Lipinski definition) is 2. The first-order chi connectivity index (χ1) is 8.11. The van der Waals surface area contributed by atoms with Gasteiger partial charge in [-0.3, -0.25) is 4.90 Å². The van der Waals surface area contributed by atoms with Crippen LogP contribution in [0, 0.1) is 17.8 Å². The molecule has 0 aromatic carbocycles. The zero-order chi connectivity index (χ0) is 12.5. The highest BCUT2D eigenvalue weighted by molar-refractivity contribution is 4.99. The monoisotopic (exact) mass is 238 g/mol. The SMILES string of the molecule is CCC1CCC(CN)(N2CC(C)C(C)C2)CC1. The van der Waals surface area contributed by atoms with Crippen LogP contribution in [0.1, 0.15) is 52.9 Å². The van der Waals surface area contributed by atoms with Crippen molar-refractivity contribution in [2.45, 2.75) is 58.4 Å². The molecular weight excluding hydrogens is 208 g/mol. The van der Waals surface area contributed by atoms with Crippen LogP contribution in [0.2, 0.25) is 0 Å². The minimum absolute atomic E-state index is 0.352. The third-order valence-corrected chi connectivity index (χ3v) is 5.65. The van der Waals surface area contributed by atoms with Crippen molar-refractivity contribution in [3.8, 4) is 0 Å².